The average molecular weight is 394 g/mol. The van der Waals surface area contributed by atoms with Crippen molar-refractivity contribution in [3.8, 4) is 0 Å². The van der Waals surface area contributed by atoms with Gasteiger partial charge in [-0.15, -0.1) is 0 Å². The summed E-state index contributed by atoms with van der Waals surface area (Å²) in [5.74, 6) is 0.483. The Hall–Kier alpha value is -3.53. The highest BCUT2D eigenvalue weighted by atomic mass is 16.2. The molecule has 0 saturated carbocycles. The molecule has 4 aromatic heterocycles. The molecule has 4 aromatic rings. The van der Waals surface area contributed by atoms with Gasteiger partial charge in [0.15, 0.2) is 11.2 Å². The maximum Gasteiger partial charge on any atom is 0.332 e. The van der Waals surface area contributed by atoms with Gasteiger partial charge in [-0.05, 0) is 31.2 Å². The quantitative estimate of drug-likeness (QED) is 0.495. The van der Waals surface area contributed by atoms with Gasteiger partial charge in [-0.1, -0.05) is 0 Å². The second-order valence-corrected chi connectivity index (χ2v) is 7.19. The first-order chi connectivity index (χ1) is 13.8. The maximum absolute atomic E-state index is 13.0. The molecule has 10 heteroatoms. The molecule has 4 rings (SSSR count). The van der Waals surface area contributed by atoms with Gasteiger partial charge in [0.1, 0.15) is 0 Å². The first kappa shape index (κ1) is 18.8. The fourth-order valence-corrected chi connectivity index (χ4v) is 3.32. The van der Waals surface area contributed by atoms with E-state index in [2.05, 4.69) is 19.9 Å². The number of aromatic nitrogens is 6. The van der Waals surface area contributed by atoms with Gasteiger partial charge in [0, 0.05) is 32.9 Å². The van der Waals surface area contributed by atoms with E-state index in [4.69, 9.17) is 5.73 Å². The number of rotatable bonds is 5. The Bertz CT molecular complexity index is 1320. The monoisotopic (exact) mass is 394 g/mol. The van der Waals surface area contributed by atoms with Crippen LogP contribution in [0.4, 0.5) is 5.95 Å². The van der Waals surface area contributed by atoms with Gasteiger partial charge in [0.05, 0.1) is 23.3 Å². The highest BCUT2D eigenvalue weighted by Gasteiger charge is 2.18. The lowest BCUT2D eigenvalue weighted by molar-refractivity contribution is 0.649. The minimum atomic E-state index is -0.455. The van der Waals surface area contributed by atoms with Crippen molar-refractivity contribution in [1.82, 2.24) is 29.1 Å². The summed E-state index contributed by atoms with van der Waals surface area (Å²) in [4.78, 5) is 43.9. The smallest absolute Gasteiger partial charge is 0.332 e. The van der Waals surface area contributed by atoms with Crippen LogP contribution in [0.15, 0.2) is 40.1 Å². The first-order valence-electron chi connectivity index (χ1n) is 9.22. The minimum Gasteiger partial charge on any atom is -0.344 e. The van der Waals surface area contributed by atoms with E-state index in [0.29, 0.717) is 29.4 Å². The van der Waals surface area contributed by atoms with Crippen molar-refractivity contribution in [3.63, 3.8) is 0 Å². The third kappa shape index (κ3) is 3.38. The second-order valence-electron chi connectivity index (χ2n) is 7.19. The van der Waals surface area contributed by atoms with Crippen molar-refractivity contribution >= 4 is 28.1 Å². The number of pyridine rings is 2. The SMILES string of the molecule is C[C@H](N)CN(C)c1nc2c([nH]1)c(=O)n(Cc1ccc3ncccc3n1)c(=O)n2C. The summed E-state index contributed by atoms with van der Waals surface area (Å²) in [6.45, 7) is 2.49. The Labute approximate surface area is 165 Å². The first-order valence-corrected chi connectivity index (χ1v) is 9.22. The zero-order valence-corrected chi connectivity index (χ0v) is 16.5. The van der Waals surface area contributed by atoms with Gasteiger partial charge in [-0.3, -0.25) is 18.9 Å². The summed E-state index contributed by atoms with van der Waals surface area (Å²) in [7, 11) is 3.42. The number of likely N-dealkylation sites (N-methyl/N-ethyl adjacent to an activating group) is 1. The largest absolute Gasteiger partial charge is 0.344 e. The topological polar surface area (TPSA) is 128 Å². The van der Waals surface area contributed by atoms with Crippen LogP contribution < -0.4 is 21.9 Å². The number of aromatic amines is 1. The highest BCUT2D eigenvalue weighted by molar-refractivity contribution is 5.74. The summed E-state index contributed by atoms with van der Waals surface area (Å²) in [6.07, 6.45) is 1.69. The molecular weight excluding hydrogens is 372 g/mol. The molecule has 0 aromatic carbocycles. The Morgan fingerprint density at radius 1 is 1.21 bits per heavy atom. The van der Waals surface area contributed by atoms with Crippen LogP contribution in [-0.4, -0.2) is 48.7 Å². The van der Waals surface area contributed by atoms with Crippen LogP contribution in [0.3, 0.4) is 0 Å². The molecule has 0 radical (unpaired) electrons. The maximum atomic E-state index is 13.0. The Morgan fingerprint density at radius 2 is 2.00 bits per heavy atom. The Morgan fingerprint density at radius 3 is 2.76 bits per heavy atom. The van der Waals surface area contributed by atoms with Crippen LogP contribution in [0.1, 0.15) is 12.6 Å². The fraction of sp³-hybridized carbons (Fsp3) is 0.316. The van der Waals surface area contributed by atoms with E-state index < -0.39 is 11.2 Å². The lowest BCUT2D eigenvalue weighted by Gasteiger charge is -2.17. The molecule has 150 valence electrons. The third-order valence-electron chi connectivity index (χ3n) is 4.72. The van der Waals surface area contributed by atoms with Crippen molar-refractivity contribution in [2.75, 3.05) is 18.5 Å². The van der Waals surface area contributed by atoms with Crippen molar-refractivity contribution in [1.29, 1.82) is 0 Å². The number of H-pyrrole nitrogens is 1. The van der Waals surface area contributed by atoms with E-state index in [1.165, 1.54) is 4.57 Å². The van der Waals surface area contributed by atoms with Crippen molar-refractivity contribution < 1.29 is 0 Å². The van der Waals surface area contributed by atoms with Crippen molar-refractivity contribution in [3.05, 3.63) is 57.0 Å². The normalized spacial score (nSPS) is 12.6. The van der Waals surface area contributed by atoms with E-state index in [0.717, 1.165) is 10.1 Å². The molecule has 1 atom stereocenters. The minimum absolute atomic E-state index is 0.0519. The van der Waals surface area contributed by atoms with E-state index in [1.54, 1.807) is 25.4 Å². The number of anilines is 1. The standard InChI is InChI=1S/C19H22N8O2/c1-11(20)9-25(2)18-23-15-16(24-18)26(3)19(29)27(17(15)28)10-12-6-7-13-14(22-12)5-4-8-21-13/h4-8,11H,9-10,20H2,1-3H3,(H,23,24)/t11-/m0/s1. The number of imidazole rings is 1. The number of hydrogen-bond donors (Lipinski definition) is 2. The van der Waals surface area contributed by atoms with Gasteiger partial charge in [0.25, 0.3) is 5.56 Å². The van der Waals surface area contributed by atoms with Gasteiger partial charge in [-0.2, -0.15) is 4.98 Å². The predicted molar refractivity (Wildman–Crippen MR) is 111 cm³/mol. The van der Waals surface area contributed by atoms with Crippen LogP contribution in [0, 0.1) is 0 Å². The number of hydrogen-bond acceptors (Lipinski definition) is 7. The zero-order chi connectivity index (χ0) is 20.7. The molecule has 0 aliphatic rings. The fourth-order valence-electron chi connectivity index (χ4n) is 3.32. The molecule has 4 heterocycles. The summed E-state index contributed by atoms with van der Waals surface area (Å²) in [6, 6.07) is 7.15. The third-order valence-corrected chi connectivity index (χ3v) is 4.72. The summed E-state index contributed by atoms with van der Waals surface area (Å²) in [5.41, 5.74) is 7.57. The van der Waals surface area contributed by atoms with Crippen LogP contribution in [0.25, 0.3) is 22.2 Å². The Balaban J connectivity index is 1.79. The molecule has 10 nitrogen and oxygen atoms in total. The molecule has 29 heavy (non-hydrogen) atoms. The molecule has 0 bridgehead atoms. The Kier molecular flexibility index (Phi) is 4.63. The van der Waals surface area contributed by atoms with Gasteiger partial charge < -0.3 is 15.6 Å². The van der Waals surface area contributed by atoms with E-state index >= 15 is 0 Å². The average Bonchev–Trinajstić information content (AvgIpc) is 3.15. The second kappa shape index (κ2) is 7.13. The zero-order valence-electron chi connectivity index (χ0n) is 16.5. The molecule has 0 saturated heterocycles. The van der Waals surface area contributed by atoms with E-state index in [-0.39, 0.29) is 18.1 Å². The van der Waals surface area contributed by atoms with Gasteiger partial charge >= 0.3 is 5.69 Å². The highest BCUT2D eigenvalue weighted by Crippen LogP contribution is 2.13. The molecule has 0 unspecified atom stereocenters. The molecule has 3 N–H and O–H groups in total. The summed E-state index contributed by atoms with van der Waals surface area (Å²) < 4.78 is 2.51. The van der Waals surface area contributed by atoms with Crippen LogP contribution in [0.2, 0.25) is 0 Å². The van der Waals surface area contributed by atoms with Gasteiger partial charge in [0.2, 0.25) is 5.95 Å². The lowest BCUT2D eigenvalue weighted by Crippen LogP contribution is -2.39. The molecule has 0 fully saturated rings. The van der Waals surface area contributed by atoms with E-state index in [9.17, 15) is 9.59 Å². The predicted octanol–water partition coefficient (Wildman–Crippen LogP) is 0.198. The summed E-state index contributed by atoms with van der Waals surface area (Å²) in [5, 5.41) is 0. The summed E-state index contributed by atoms with van der Waals surface area (Å²) >= 11 is 0. The van der Waals surface area contributed by atoms with E-state index in [1.807, 2.05) is 31.0 Å². The molecule has 0 spiro atoms. The molecule has 0 aliphatic heterocycles. The number of nitrogens with zero attached hydrogens (tertiary/aromatic N) is 6. The van der Waals surface area contributed by atoms with Crippen molar-refractivity contribution in [2.45, 2.75) is 19.5 Å². The number of nitrogens with two attached hydrogens (primary N) is 1. The van der Waals surface area contributed by atoms with Crippen LogP contribution in [-0.2, 0) is 13.6 Å². The number of nitrogens with one attached hydrogen (secondary N) is 1. The van der Waals surface area contributed by atoms with Crippen LogP contribution in [0.5, 0.6) is 0 Å². The van der Waals surface area contributed by atoms with Gasteiger partial charge in [-0.25, -0.2) is 9.78 Å². The molecular formula is C19H22N8O2. The molecule has 0 aliphatic carbocycles. The number of aryl methyl sites for hydroxylation is 1. The molecule has 0 amide bonds. The van der Waals surface area contributed by atoms with Crippen molar-refractivity contribution in [2.24, 2.45) is 12.8 Å². The van der Waals surface area contributed by atoms with Crippen LogP contribution >= 0.6 is 0 Å². The lowest BCUT2D eigenvalue weighted by atomic mass is 10.3. The number of fused-ring (bicyclic) bond motifs is 2.